The molecule has 0 atom stereocenters. The fourth-order valence-corrected chi connectivity index (χ4v) is 16.2. The second-order valence-electron chi connectivity index (χ2n) is 32.6. The van der Waals surface area contributed by atoms with Crippen LogP contribution in [0.5, 0.6) is 23.0 Å². The third kappa shape index (κ3) is 26.3. The Morgan fingerprint density at radius 1 is 0.272 bits per heavy atom. The number of unbranched alkanes of at least 4 members (excludes halogenated alkanes) is 3. The first-order valence-electron chi connectivity index (χ1n) is 41.2. The minimum Gasteiger partial charge on any atom is -0.432 e. The SMILES string of the molecule is CCC1COC(C2CCC(C(F)(F)Oc3cc(F)c(C)c(F)c3)CC2)OC1.CCCC1COC(C2CCC(C(F)(F)Oc3cc(F)c(C)c(F)c3)CC2)OC1.CCCCC1COC(C2CCC(C(F)(F)Oc3cc(F)c(C)c(F)c3)CC2)OC1.CCCCCC1COC(C2CCC(C(F)(F)Oc3cc(F)c(C)c(F)c3)CC2)OC1. The summed E-state index contributed by atoms with van der Waals surface area (Å²) in [7, 11) is 0. The van der Waals surface area contributed by atoms with Crippen LogP contribution in [0, 0.1) is 145 Å². The molecule has 4 aliphatic heterocycles. The van der Waals surface area contributed by atoms with E-state index in [-0.39, 0.29) is 122 Å². The maximum absolute atomic E-state index is 14.6. The predicted molar refractivity (Wildman–Crippen MR) is 394 cm³/mol. The molecule has 8 fully saturated rings. The summed E-state index contributed by atoms with van der Waals surface area (Å²) in [5.74, 6) is -11.2. The van der Waals surface area contributed by atoms with E-state index in [9.17, 15) is 70.2 Å². The van der Waals surface area contributed by atoms with Crippen molar-refractivity contribution in [3.05, 3.63) is 117 Å². The Morgan fingerprint density at radius 2 is 0.474 bits per heavy atom. The summed E-state index contributed by atoms with van der Waals surface area (Å²) in [6.45, 7) is 18.8. The van der Waals surface area contributed by atoms with Crippen molar-refractivity contribution in [3.8, 4) is 23.0 Å². The van der Waals surface area contributed by atoms with E-state index < -0.39 is 118 Å². The van der Waals surface area contributed by atoms with Crippen LogP contribution in [0.3, 0.4) is 0 Å². The normalized spacial score (nSPS) is 28.6. The van der Waals surface area contributed by atoms with Crippen LogP contribution in [-0.2, 0) is 37.9 Å². The number of ether oxygens (including phenoxy) is 12. The first kappa shape index (κ1) is 92.5. The monoisotopic (exact) mass is 1640 g/mol. The van der Waals surface area contributed by atoms with E-state index in [2.05, 4.69) is 27.7 Å². The maximum Gasteiger partial charge on any atom is 0.400 e. The highest BCUT2D eigenvalue weighted by atomic mass is 19.3. The molecule has 12 rings (SSSR count). The summed E-state index contributed by atoms with van der Waals surface area (Å²) in [4.78, 5) is 0. The van der Waals surface area contributed by atoms with Gasteiger partial charge < -0.3 is 56.8 Å². The van der Waals surface area contributed by atoms with Crippen molar-refractivity contribution in [2.24, 2.45) is 71.0 Å². The van der Waals surface area contributed by atoms with Gasteiger partial charge in [-0.3, -0.25) is 0 Å². The second kappa shape index (κ2) is 43.0. The number of benzene rings is 4. The second-order valence-corrected chi connectivity index (χ2v) is 32.6. The van der Waals surface area contributed by atoms with Crippen LogP contribution in [0.15, 0.2) is 48.5 Å². The minimum absolute atomic E-state index is 0.0860. The van der Waals surface area contributed by atoms with E-state index in [4.69, 9.17) is 56.8 Å². The lowest BCUT2D eigenvalue weighted by atomic mass is 9.80. The maximum atomic E-state index is 14.6. The number of hydrogen-bond donors (Lipinski definition) is 0. The molecule has 4 aliphatic carbocycles. The van der Waals surface area contributed by atoms with E-state index in [1.54, 1.807) is 0 Å². The molecule has 0 unspecified atom stereocenters. The van der Waals surface area contributed by atoms with Crippen molar-refractivity contribution in [2.45, 2.75) is 272 Å². The largest absolute Gasteiger partial charge is 0.432 e. The third-order valence-corrected chi connectivity index (χ3v) is 24.0. The van der Waals surface area contributed by atoms with Gasteiger partial charge in [-0.2, -0.15) is 35.1 Å². The summed E-state index contributed by atoms with van der Waals surface area (Å²) in [6.07, 6.45) is 2.23. The van der Waals surface area contributed by atoms with Gasteiger partial charge in [0.25, 0.3) is 0 Å². The minimum atomic E-state index is -3.49. The lowest BCUT2D eigenvalue weighted by molar-refractivity contribution is -0.248. The molecule has 644 valence electrons. The van der Waals surface area contributed by atoms with Crippen molar-refractivity contribution < 1.29 is 127 Å². The molecular formula is C86H116F16O12. The highest BCUT2D eigenvalue weighted by Crippen LogP contribution is 2.48. The highest BCUT2D eigenvalue weighted by molar-refractivity contribution is 5.33. The molecule has 4 saturated heterocycles. The Bertz CT molecular complexity index is 3460. The molecule has 8 aliphatic rings. The van der Waals surface area contributed by atoms with Gasteiger partial charge in [-0.25, -0.2) is 35.1 Å². The lowest BCUT2D eigenvalue weighted by Crippen LogP contribution is -2.42. The zero-order valence-electron chi connectivity index (χ0n) is 66.8. The standard InChI is InChI=1S/C23H32F4O3.C22H30F4O3.C21H28F4O3.C20H26F4O3/c1-3-4-5-6-16-13-28-22(29-14-16)17-7-9-18(10-8-17)23(26,27)30-19-11-20(24)15(2)21(25)12-19;1-3-4-5-15-12-27-21(28-13-15)16-6-8-17(9-7-16)22(25,26)29-18-10-19(23)14(2)20(24)11-18;1-3-4-14-11-26-20(27-12-14)15-5-7-16(8-6-15)21(24,25)28-17-9-18(22)13(2)19(23)10-17;1-3-13-10-25-19(26-11-13)14-4-6-15(7-5-14)20(23,24)27-16-8-17(21)12(2)18(22)9-16/h11-12,16-18,22H,3-10,13-14H2,1-2H3;10-11,15-17,21H,3-9,12-13H2,1-2H3;9-10,14-16,20H,3-8,11-12H2,1-2H3;8-9,13-15,19H,3-7,10-11H2,1-2H3. The molecule has 0 radical (unpaired) electrons. The Kier molecular flexibility index (Phi) is 34.9. The fourth-order valence-electron chi connectivity index (χ4n) is 16.2. The molecule has 0 spiro atoms. The molecule has 12 nitrogen and oxygen atoms in total. The summed E-state index contributed by atoms with van der Waals surface area (Å²) in [5, 5.41) is 0. The van der Waals surface area contributed by atoms with Gasteiger partial charge in [-0.1, -0.05) is 66.2 Å². The Hall–Kier alpha value is -5.36. The van der Waals surface area contributed by atoms with Crippen molar-refractivity contribution in [3.63, 3.8) is 0 Å². The van der Waals surface area contributed by atoms with Gasteiger partial charge in [0.1, 0.15) is 69.5 Å². The zero-order chi connectivity index (χ0) is 82.7. The Balaban J connectivity index is 0.000000174. The van der Waals surface area contributed by atoms with Gasteiger partial charge in [0.2, 0.25) is 0 Å². The molecule has 0 amide bonds. The van der Waals surface area contributed by atoms with Crippen molar-refractivity contribution in [2.75, 3.05) is 52.9 Å². The smallest absolute Gasteiger partial charge is 0.400 e. The molecule has 0 bridgehead atoms. The number of hydrogen-bond acceptors (Lipinski definition) is 12. The molecule has 0 aromatic heterocycles. The van der Waals surface area contributed by atoms with Gasteiger partial charge >= 0.3 is 24.4 Å². The van der Waals surface area contributed by atoms with Gasteiger partial charge in [-0.05, 0) is 156 Å². The zero-order valence-corrected chi connectivity index (χ0v) is 66.8. The van der Waals surface area contributed by atoms with E-state index in [1.807, 2.05) is 0 Å². The average Bonchev–Trinajstić information content (AvgIpc) is 0.818. The lowest BCUT2D eigenvalue weighted by Gasteiger charge is -2.39. The van der Waals surface area contributed by atoms with Crippen LogP contribution >= 0.6 is 0 Å². The van der Waals surface area contributed by atoms with Crippen molar-refractivity contribution in [1.82, 2.24) is 0 Å². The molecular weight excluding hydrogens is 1530 g/mol. The number of halogens is 16. The van der Waals surface area contributed by atoms with Crippen LogP contribution in [0.2, 0.25) is 0 Å². The molecule has 4 aromatic rings. The molecule has 0 N–H and O–H groups in total. The predicted octanol–water partition coefficient (Wildman–Crippen LogP) is 24.1. The van der Waals surface area contributed by atoms with E-state index >= 15 is 0 Å². The summed E-state index contributed by atoms with van der Waals surface area (Å²) < 4.78 is 291. The first-order valence-corrected chi connectivity index (χ1v) is 41.2. The molecule has 114 heavy (non-hydrogen) atoms. The highest BCUT2D eigenvalue weighted by Gasteiger charge is 2.50. The molecule has 4 saturated carbocycles. The van der Waals surface area contributed by atoms with E-state index in [0.29, 0.717) is 128 Å². The fraction of sp³-hybridized carbons (Fsp3) is 0.721. The van der Waals surface area contributed by atoms with Crippen molar-refractivity contribution in [1.29, 1.82) is 0 Å². The van der Waals surface area contributed by atoms with Crippen LogP contribution in [0.4, 0.5) is 70.2 Å². The van der Waals surface area contributed by atoms with Gasteiger partial charge in [0.05, 0.1) is 76.5 Å². The van der Waals surface area contributed by atoms with Crippen LogP contribution in [0.1, 0.15) is 217 Å². The van der Waals surface area contributed by atoms with Gasteiger partial charge in [0, 0.05) is 118 Å². The van der Waals surface area contributed by atoms with Crippen LogP contribution in [-0.4, -0.2) is 102 Å². The summed E-state index contributed by atoms with van der Waals surface area (Å²) in [6, 6.07) is 6.41. The van der Waals surface area contributed by atoms with E-state index in [0.717, 1.165) is 93.5 Å². The van der Waals surface area contributed by atoms with Gasteiger partial charge in [-0.15, -0.1) is 0 Å². The molecule has 28 heteroatoms. The van der Waals surface area contributed by atoms with Crippen LogP contribution < -0.4 is 18.9 Å². The topological polar surface area (TPSA) is 111 Å². The first-order chi connectivity index (χ1) is 54.2. The quantitative estimate of drug-likeness (QED) is 0.0441. The third-order valence-electron chi connectivity index (χ3n) is 24.0. The van der Waals surface area contributed by atoms with Crippen molar-refractivity contribution >= 4 is 0 Å². The average molecular weight is 1650 g/mol. The summed E-state index contributed by atoms with van der Waals surface area (Å²) in [5.41, 5.74) is -0.870. The van der Waals surface area contributed by atoms with Gasteiger partial charge in [0.15, 0.2) is 25.2 Å². The Labute approximate surface area is 660 Å². The number of alkyl halides is 8. The van der Waals surface area contributed by atoms with Crippen LogP contribution in [0.25, 0.3) is 0 Å². The number of rotatable bonds is 26. The molecule has 4 aromatic carbocycles. The molecule has 4 heterocycles. The summed E-state index contributed by atoms with van der Waals surface area (Å²) >= 11 is 0. The van der Waals surface area contributed by atoms with E-state index in [1.165, 1.54) is 47.0 Å². The Morgan fingerprint density at radius 3 is 0.675 bits per heavy atom.